The fourth-order valence-electron chi connectivity index (χ4n) is 4.98. The van der Waals surface area contributed by atoms with Gasteiger partial charge in [-0.15, -0.1) is 0 Å². The van der Waals surface area contributed by atoms with E-state index < -0.39 is 5.54 Å². The first-order chi connectivity index (χ1) is 16.8. The Morgan fingerprint density at radius 1 is 1.00 bits per heavy atom. The van der Waals surface area contributed by atoms with Crippen molar-refractivity contribution in [2.45, 2.75) is 39.2 Å². The second kappa shape index (κ2) is 8.92. The molecule has 0 aliphatic carbocycles. The first-order valence-electron chi connectivity index (χ1n) is 12.2. The summed E-state index contributed by atoms with van der Waals surface area (Å²) in [5, 5.41) is 4.99. The Hall–Kier alpha value is -3.52. The molecule has 1 unspecified atom stereocenters. The Bertz CT molecular complexity index is 1280. The number of carbonyl (C=O) groups excluding carboxylic acids is 2. The largest absolute Gasteiger partial charge is 0.354 e. The molecule has 2 aliphatic rings. The maximum atomic E-state index is 13.6. The SMILES string of the molecule is Cc1cc(N2CCN(CN3C(=O)NC(C)(c4cccc5ccccc45)C3=O)CC2)nc(C(C)C)n1. The van der Waals surface area contributed by atoms with Gasteiger partial charge in [0.05, 0.1) is 6.67 Å². The summed E-state index contributed by atoms with van der Waals surface area (Å²) < 4.78 is 0. The molecule has 5 rings (SSSR count). The van der Waals surface area contributed by atoms with E-state index in [1.807, 2.05) is 55.5 Å². The summed E-state index contributed by atoms with van der Waals surface area (Å²) in [5.41, 5.74) is 0.695. The molecule has 3 amide bonds. The molecule has 8 heteroatoms. The van der Waals surface area contributed by atoms with Crippen LogP contribution in [0.15, 0.2) is 48.5 Å². The summed E-state index contributed by atoms with van der Waals surface area (Å²) in [4.78, 5) is 41.6. The minimum absolute atomic E-state index is 0.214. The van der Waals surface area contributed by atoms with Crippen molar-refractivity contribution in [3.63, 3.8) is 0 Å². The van der Waals surface area contributed by atoms with Crippen molar-refractivity contribution in [3.8, 4) is 0 Å². The van der Waals surface area contributed by atoms with Crippen molar-refractivity contribution in [2.24, 2.45) is 0 Å². The second-order valence-corrected chi connectivity index (χ2v) is 9.94. The van der Waals surface area contributed by atoms with Crippen LogP contribution in [0, 0.1) is 6.92 Å². The fourth-order valence-corrected chi connectivity index (χ4v) is 4.98. The van der Waals surface area contributed by atoms with Crippen LogP contribution in [0.25, 0.3) is 10.8 Å². The van der Waals surface area contributed by atoms with Gasteiger partial charge in [-0.3, -0.25) is 9.69 Å². The summed E-state index contributed by atoms with van der Waals surface area (Å²) in [5.74, 6) is 1.86. The minimum atomic E-state index is -1.09. The fraction of sp³-hybridized carbons (Fsp3) is 0.407. The molecule has 2 aromatic carbocycles. The standard InChI is InChI=1S/C27H32N6O2/c1-18(2)24-28-19(3)16-23(29-24)32-14-12-31(13-15-32)17-33-25(34)27(4,30-26(33)35)22-11-7-9-20-8-5-6-10-21(20)22/h5-11,16,18H,12-15,17H2,1-4H3,(H,30,35). The number of benzene rings is 2. The number of imide groups is 1. The van der Waals surface area contributed by atoms with Gasteiger partial charge < -0.3 is 10.2 Å². The topological polar surface area (TPSA) is 81.7 Å². The molecule has 0 radical (unpaired) electrons. The number of nitrogens with zero attached hydrogens (tertiary/aromatic N) is 5. The van der Waals surface area contributed by atoms with E-state index in [4.69, 9.17) is 4.98 Å². The third-order valence-corrected chi connectivity index (χ3v) is 7.02. The van der Waals surface area contributed by atoms with Crippen molar-refractivity contribution in [1.82, 2.24) is 25.1 Å². The van der Waals surface area contributed by atoms with Gasteiger partial charge in [0.25, 0.3) is 5.91 Å². The number of fused-ring (bicyclic) bond motifs is 1. The number of aryl methyl sites for hydroxylation is 1. The number of anilines is 1. The van der Waals surface area contributed by atoms with Gasteiger partial charge in [0, 0.05) is 43.9 Å². The highest BCUT2D eigenvalue weighted by atomic mass is 16.2. The first-order valence-corrected chi connectivity index (χ1v) is 12.2. The highest BCUT2D eigenvalue weighted by Crippen LogP contribution is 2.34. The molecule has 182 valence electrons. The van der Waals surface area contributed by atoms with E-state index >= 15 is 0 Å². The van der Waals surface area contributed by atoms with Crippen LogP contribution in [0.2, 0.25) is 0 Å². The maximum Gasteiger partial charge on any atom is 0.326 e. The van der Waals surface area contributed by atoms with Gasteiger partial charge in [0.2, 0.25) is 0 Å². The van der Waals surface area contributed by atoms with Crippen molar-refractivity contribution >= 4 is 28.5 Å². The van der Waals surface area contributed by atoms with E-state index in [2.05, 4.69) is 33.9 Å². The van der Waals surface area contributed by atoms with Gasteiger partial charge >= 0.3 is 6.03 Å². The molecule has 2 fully saturated rings. The van der Waals surface area contributed by atoms with Crippen molar-refractivity contribution in [2.75, 3.05) is 37.7 Å². The van der Waals surface area contributed by atoms with Crippen LogP contribution in [0.1, 0.15) is 43.8 Å². The molecule has 3 aromatic rings. The molecule has 2 saturated heterocycles. The normalized spacial score (nSPS) is 21.3. The lowest BCUT2D eigenvalue weighted by atomic mass is 9.88. The van der Waals surface area contributed by atoms with Gasteiger partial charge in [-0.1, -0.05) is 56.3 Å². The van der Waals surface area contributed by atoms with Crippen LogP contribution < -0.4 is 10.2 Å². The molecule has 3 heterocycles. The molecule has 1 atom stereocenters. The van der Waals surface area contributed by atoms with Crippen LogP contribution in [0.3, 0.4) is 0 Å². The third kappa shape index (κ3) is 4.23. The summed E-state index contributed by atoms with van der Waals surface area (Å²) in [6, 6.07) is 15.5. The van der Waals surface area contributed by atoms with Crippen LogP contribution in [0.5, 0.6) is 0 Å². The van der Waals surface area contributed by atoms with Gasteiger partial charge in [0.1, 0.15) is 17.2 Å². The van der Waals surface area contributed by atoms with E-state index in [-0.39, 0.29) is 24.5 Å². The second-order valence-electron chi connectivity index (χ2n) is 9.94. The number of aromatic nitrogens is 2. The number of carbonyl (C=O) groups is 2. The molecule has 35 heavy (non-hydrogen) atoms. The molecule has 1 N–H and O–H groups in total. The lowest BCUT2D eigenvalue weighted by Gasteiger charge is -2.36. The molecular formula is C27H32N6O2. The molecule has 0 bridgehead atoms. The Kier molecular flexibility index (Phi) is 5.92. The summed E-state index contributed by atoms with van der Waals surface area (Å²) in [6.45, 7) is 11.3. The molecule has 8 nitrogen and oxygen atoms in total. The van der Waals surface area contributed by atoms with Crippen molar-refractivity contribution in [1.29, 1.82) is 0 Å². The smallest absolute Gasteiger partial charge is 0.326 e. The van der Waals surface area contributed by atoms with E-state index in [1.54, 1.807) is 6.92 Å². The maximum absolute atomic E-state index is 13.6. The zero-order chi connectivity index (χ0) is 24.7. The zero-order valence-electron chi connectivity index (χ0n) is 20.8. The lowest BCUT2D eigenvalue weighted by Crippen LogP contribution is -2.52. The third-order valence-electron chi connectivity index (χ3n) is 7.02. The predicted octanol–water partition coefficient (Wildman–Crippen LogP) is 3.61. The quantitative estimate of drug-likeness (QED) is 0.572. The average Bonchev–Trinajstić information content (AvgIpc) is 3.07. The molecule has 2 aliphatic heterocycles. The monoisotopic (exact) mass is 472 g/mol. The van der Waals surface area contributed by atoms with Crippen molar-refractivity contribution < 1.29 is 9.59 Å². The zero-order valence-corrected chi connectivity index (χ0v) is 20.8. The summed E-state index contributed by atoms with van der Waals surface area (Å²) in [7, 11) is 0. The highest BCUT2D eigenvalue weighted by Gasteiger charge is 2.50. The van der Waals surface area contributed by atoms with E-state index in [9.17, 15) is 9.59 Å². The van der Waals surface area contributed by atoms with Crippen molar-refractivity contribution in [3.05, 3.63) is 65.6 Å². The minimum Gasteiger partial charge on any atom is -0.354 e. The number of hydrogen-bond donors (Lipinski definition) is 1. The van der Waals surface area contributed by atoms with Crippen LogP contribution >= 0.6 is 0 Å². The number of urea groups is 1. The predicted molar refractivity (Wildman–Crippen MR) is 136 cm³/mol. The molecule has 1 aromatic heterocycles. The molecule has 0 spiro atoms. The van der Waals surface area contributed by atoms with E-state index in [0.717, 1.165) is 59.9 Å². The Morgan fingerprint density at radius 2 is 1.71 bits per heavy atom. The van der Waals surface area contributed by atoms with Gasteiger partial charge in [-0.25, -0.2) is 19.7 Å². The Labute approximate surface area is 205 Å². The Morgan fingerprint density at radius 3 is 2.46 bits per heavy atom. The molecular weight excluding hydrogens is 440 g/mol. The van der Waals surface area contributed by atoms with Gasteiger partial charge in [0.15, 0.2) is 0 Å². The lowest BCUT2D eigenvalue weighted by molar-refractivity contribution is -0.132. The van der Waals surface area contributed by atoms with Crippen LogP contribution in [-0.4, -0.2) is 64.6 Å². The average molecular weight is 473 g/mol. The Balaban J connectivity index is 1.29. The number of hydrogen-bond acceptors (Lipinski definition) is 6. The van der Waals surface area contributed by atoms with E-state index in [1.165, 1.54) is 4.90 Å². The highest BCUT2D eigenvalue weighted by molar-refractivity contribution is 6.09. The van der Waals surface area contributed by atoms with Crippen LogP contribution in [-0.2, 0) is 10.3 Å². The number of amides is 3. The molecule has 0 saturated carbocycles. The number of rotatable bonds is 5. The van der Waals surface area contributed by atoms with E-state index in [0.29, 0.717) is 0 Å². The summed E-state index contributed by atoms with van der Waals surface area (Å²) in [6.07, 6.45) is 0. The number of piperazine rings is 1. The van der Waals surface area contributed by atoms with Crippen LogP contribution in [0.4, 0.5) is 10.6 Å². The summed E-state index contributed by atoms with van der Waals surface area (Å²) >= 11 is 0. The number of nitrogens with one attached hydrogen (secondary N) is 1. The van der Waals surface area contributed by atoms with Gasteiger partial charge in [-0.05, 0) is 30.2 Å². The first kappa shape index (κ1) is 23.2. The van der Waals surface area contributed by atoms with Gasteiger partial charge in [-0.2, -0.15) is 0 Å².